The van der Waals surface area contributed by atoms with Gasteiger partial charge in [0.1, 0.15) is 6.04 Å². The molecule has 1 atom stereocenters. The molecule has 1 heterocycles. The molecule has 0 aliphatic carbocycles. The SMILES string of the molecule is COC(=O)[C@H](Cc1c[nH]c2ccccc12)NCP(=O)(OC(C)C)OC(C)C. The zero-order valence-electron chi connectivity index (χ0n) is 16.5. The van der Waals surface area contributed by atoms with E-state index in [-0.39, 0.29) is 18.5 Å². The van der Waals surface area contributed by atoms with Gasteiger partial charge in [-0.15, -0.1) is 0 Å². The van der Waals surface area contributed by atoms with Crippen LogP contribution in [-0.4, -0.2) is 42.6 Å². The van der Waals surface area contributed by atoms with Crippen molar-refractivity contribution in [1.82, 2.24) is 10.3 Å². The van der Waals surface area contributed by atoms with Gasteiger partial charge in [-0.05, 0) is 39.3 Å². The van der Waals surface area contributed by atoms with Gasteiger partial charge in [-0.3, -0.25) is 14.7 Å². The lowest BCUT2D eigenvalue weighted by Gasteiger charge is -2.25. The molecule has 0 bridgehead atoms. The molecule has 2 N–H and O–H groups in total. The Bertz CT molecular complexity index is 788. The average molecular weight is 396 g/mol. The number of carbonyl (C=O) groups excluding carboxylic acids is 1. The normalized spacial score (nSPS) is 13.4. The van der Waals surface area contributed by atoms with Gasteiger partial charge in [0.15, 0.2) is 0 Å². The number of H-pyrrole nitrogens is 1. The first-order valence-electron chi connectivity index (χ1n) is 9.06. The Balaban J connectivity index is 2.16. The molecule has 0 saturated carbocycles. The zero-order valence-corrected chi connectivity index (χ0v) is 17.4. The lowest BCUT2D eigenvalue weighted by Crippen LogP contribution is -2.40. The average Bonchev–Trinajstić information content (AvgIpc) is 2.99. The summed E-state index contributed by atoms with van der Waals surface area (Å²) in [6.45, 7) is 7.17. The third kappa shape index (κ3) is 6.18. The number of benzene rings is 1. The molecule has 0 spiro atoms. The van der Waals surface area contributed by atoms with E-state index in [1.165, 1.54) is 7.11 Å². The van der Waals surface area contributed by atoms with E-state index in [4.69, 9.17) is 13.8 Å². The van der Waals surface area contributed by atoms with Crippen LogP contribution in [0.25, 0.3) is 10.9 Å². The van der Waals surface area contributed by atoms with Crippen molar-refractivity contribution in [2.45, 2.75) is 52.4 Å². The van der Waals surface area contributed by atoms with Crippen molar-refractivity contribution in [2.75, 3.05) is 13.4 Å². The predicted molar refractivity (Wildman–Crippen MR) is 106 cm³/mol. The summed E-state index contributed by atoms with van der Waals surface area (Å²) in [5.41, 5.74) is 1.96. The van der Waals surface area contributed by atoms with Crippen molar-refractivity contribution in [3.05, 3.63) is 36.0 Å². The molecule has 0 radical (unpaired) electrons. The van der Waals surface area contributed by atoms with Crippen LogP contribution < -0.4 is 5.32 Å². The highest BCUT2D eigenvalue weighted by Gasteiger charge is 2.31. The topological polar surface area (TPSA) is 89.7 Å². The van der Waals surface area contributed by atoms with Crippen molar-refractivity contribution in [3.63, 3.8) is 0 Å². The fourth-order valence-corrected chi connectivity index (χ4v) is 4.79. The van der Waals surface area contributed by atoms with Crippen LogP contribution in [0.5, 0.6) is 0 Å². The van der Waals surface area contributed by atoms with Crippen molar-refractivity contribution < 1.29 is 23.1 Å². The maximum absolute atomic E-state index is 13.0. The zero-order chi connectivity index (χ0) is 20.0. The Morgan fingerprint density at radius 1 is 1.15 bits per heavy atom. The molecule has 1 aromatic carbocycles. The Labute approximate surface area is 160 Å². The molecule has 2 aromatic rings. The predicted octanol–water partition coefficient (Wildman–Crippen LogP) is 3.84. The number of aromatic nitrogens is 1. The molecule has 0 aliphatic rings. The number of aromatic amines is 1. The molecule has 0 aliphatic heterocycles. The number of methoxy groups -OCH3 is 1. The summed E-state index contributed by atoms with van der Waals surface area (Å²) in [5.74, 6) is -0.430. The van der Waals surface area contributed by atoms with E-state index in [0.717, 1.165) is 16.5 Å². The number of esters is 1. The molecular weight excluding hydrogens is 367 g/mol. The van der Waals surface area contributed by atoms with Gasteiger partial charge in [0.05, 0.1) is 25.6 Å². The van der Waals surface area contributed by atoms with Crippen LogP contribution >= 0.6 is 7.60 Å². The third-order valence-electron chi connectivity index (χ3n) is 3.86. The Morgan fingerprint density at radius 2 is 1.78 bits per heavy atom. The molecule has 150 valence electrons. The molecule has 8 heteroatoms. The first-order chi connectivity index (χ1) is 12.7. The van der Waals surface area contributed by atoms with Crippen LogP contribution in [0.3, 0.4) is 0 Å². The monoisotopic (exact) mass is 396 g/mol. The van der Waals surface area contributed by atoms with Gasteiger partial charge in [0.25, 0.3) is 0 Å². The summed E-state index contributed by atoms with van der Waals surface area (Å²) in [6.07, 6.45) is 1.66. The van der Waals surface area contributed by atoms with Gasteiger partial charge in [-0.25, -0.2) is 0 Å². The summed E-state index contributed by atoms with van der Waals surface area (Å²) < 4.78 is 29.0. The largest absolute Gasteiger partial charge is 0.468 e. The molecule has 1 aromatic heterocycles. The number of hydrogen-bond donors (Lipinski definition) is 2. The number of carbonyl (C=O) groups is 1. The summed E-state index contributed by atoms with van der Waals surface area (Å²) >= 11 is 0. The van der Waals surface area contributed by atoms with Crippen LogP contribution in [0.4, 0.5) is 0 Å². The first-order valence-corrected chi connectivity index (χ1v) is 10.8. The highest BCUT2D eigenvalue weighted by atomic mass is 31.2. The fraction of sp³-hybridized carbons (Fsp3) is 0.526. The first kappa shape index (κ1) is 21.6. The molecular formula is C19H29N2O5P. The number of nitrogens with one attached hydrogen (secondary N) is 2. The van der Waals surface area contributed by atoms with Crippen molar-refractivity contribution in [1.29, 1.82) is 0 Å². The lowest BCUT2D eigenvalue weighted by molar-refractivity contribution is -0.143. The Hall–Kier alpha value is -1.66. The highest BCUT2D eigenvalue weighted by molar-refractivity contribution is 7.53. The summed E-state index contributed by atoms with van der Waals surface area (Å²) in [6, 6.07) is 7.18. The molecule has 0 fully saturated rings. The minimum Gasteiger partial charge on any atom is -0.468 e. The van der Waals surface area contributed by atoms with Gasteiger partial charge >= 0.3 is 13.6 Å². The standard InChI is InChI=1S/C19H29N2O5P/c1-13(2)25-27(23,26-14(3)4)12-21-18(19(22)24-5)10-15-11-20-17-9-7-6-8-16(15)17/h6-9,11,13-14,18,20-21H,10,12H2,1-5H3/t18-/m0/s1. The van der Waals surface area contributed by atoms with E-state index in [2.05, 4.69) is 10.3 Å². The fourth-order valence-electron chi connectivity index (χ4n) is 2.87. The van der Waals surface area contributed by atoms with Crippen molar-refractivity contribution >= 4 is 24.5 Å². The van der Waals surface area contributed by atoms with E-state index < -0.39 is 19.6 Å². The van der Waals surface area contributed by atoms with Gasteiger partial charge in [-0.1, -0.05) is 18.2 Å². The number of para-hydroxylation sites is 1. The van der Waals surface area contributed by atoms with Crippen LogP contribution in [0.2, 0.25) is 0 Å². The third-order valence-corrected chi connectivity index (χ3v) is 5.91. The van der Waals surface area contributed by atoms with Crippen molar-refractivity contribution in [3.8, 4) is 0 Å². The Morgan fingerprint density at radius 3 is 2.37 bits per heavy atom. The molecule has 27 heavy (non-hydrogen) atoms. The maximum atomic E-state index is 13.0. The maximum Gasteiger partial charge on any atom is 0.344 e. The quantitative estimate of drug-likeness (QED) is 0.468. The highest BCUT2D eigenvalue weighted by Crippen LogP contribution is 2.49. The smallest absolute Gasteiger partial charge is 0.344 e. The van der Waals surface area contributed by atoms with Gasteiger partial charge < -0.3 is 18.8 Å². The van der Waals surface area contributed by atoms with Crippen LogP contribution in [0.1, 0.15) is 33.3 Å². The van der Waals surface area contributed by atoms with E-state index in [1.54, 1.807) is 27.7 Å². The van der Waals surface area contributed by atoms with Crippen LogP contribution in [0, 0.1) is 0 Å². The number of fused-ring (bicyclic) bond motifs is 1. The second kappa shape index (κ2) is 9.51. The minimum atomic E-state index is -3.40. The number of ether oxygens (including phenoxy) is 1. The summed E-state index contributed by atoms with van der Waals surface area (Å²) in [7, 11) is -2.07. The number of rotatable bonds is 10. The van der Waals surface area contributed by atoms with E-state index in [9.17, 15) is 9.36 Å². The van der Waals surface area contributed by atoms with Crippen LogP contribution in [0.15, 0.2) is 30.5 Å². The van der Waals surface area contributed by atoms with Gasteiger partial charge in [0.2, 0.25) is 0 Å². The molecule has 0 amide bonds. The number of hydrogen-bond acceptors (Lipinski definition) is 6. The van der Waals surface area contributed by atoms with E-state index >= 15 is 0 Å². The van der Waals surface area contributed by atoms with Crippen molar-refractivity contribution in [2.24, 2.45) is 0 Å². The lowest BCUT2D eigenvalue weighted by atomic mass is 10.1. The molecule has 0 saturated heterocycles. The molecule has 0 unspecified atom stereocenters. The Kier molecular flexibility index (Phi) is 7.62. The van der Waals surface area contributed by atoms with E-state index in [0.29, 0.717) is 6.42 Å². The second-order valence-electron chi connectivity index (χ2n) is 6.92. The van der Waals surface area contributed by atoms with Gasteiger partial charge in [-0.2, -0.15) is 0 Å². The molecule has 7 nitrogen and oxygen atoms in total. The minimum absolute atomic E-state index is 0.0779. The summed E-state index contributed by atoms with van der Waals surface area (Å²) in [5, 5.41) is 4.06. The van der Waals surface area contributed by atoms with Crippen LogP contribution in [-0.2, 0) is 29.6 Å². The molecule has 2 rings (SSSR count). The van der Waals surface area contributed by atoms with E-state index in [1.807, 2.05) is 30.5 Å². The summed E-state index contributed by atoms with van der Waals surface area (Å²) in [4.78, 5) is 15.5. The van der Waals surface area contributed by atoms with Gasteiger partial charge in [0, 0.05) is 23.5 Å². The second-order valence-corrected chi connectivity index (χ2v) is 8.88.